The molecule has 0 aliphatic heterocycles. The normalized spacial score (nSPS) is 14.2. The van der Waals surface area contributed by atoms with Gasteiger partial charge in [-0.15, -0.1) is 0 Å². The first-order chi connectivity index (χ1) is 27.8. The van der Waals surface area contributed by atoms with Crippen molar-refractivity contribution in [2.75, 3.05) is 4.90 Å². The van der Waals surface area contributed by atoms with Gasteiger partial charge in [-0.05, 0) is 119 Å². The second-order valence-corrected chi connectivity index (χ2v) is 16.9. The van der Waals surface area contributed by atoms with E-state index in [2.05, 4.69) is 221 Å². The molecule has 9 aromatic rings. The van der Waals surface area contributed by atoms with Crippen molar-refractivity contribution in [3.05, 3.63) is 210 Å². The number of nitrogens with zero attached hydrogens (tertiary/aromatic N) is 1. The van der Waals surface area contributed by atoms with E-state index < -0.39 is 0 Å². The molecule has 0 heterocycles. The van der Waals surface area contributed by atoms with Crippen molar-refractivity contribution in [1.82, 2.24) is 0 Å². The number of rotatable bonds is 5. The van der Waals surface area contributed by atoms with Crippen molar-refractivity contribution in [2.45, 2.75) is 38.5 Å². The van der Waals surface area contributed by atoms with Crippen molar-refractivity contribution in [1.29, 1.82) is 0 Å². The molecule has 2 aliphatic rings. The van der Waals surface area contributed by atoms with E-state index in [1.165, 1.54) is 88.3 Å². The highest BCUT2D eigenvalue weighted by molar-refractivity contribution is 6.11. The van der Waals surface area contributed by atoms with Gasteiger partial charge in [0.05, 0.1) is 5.69 Å². The monoisotopic (exact) mass is 729 g/mol. The Morgan fingerprint density at radius 3 is 1.61 bits per heavy atom. The van der Waals surface area contributed by atoms with Gasteiger partial charge in [0.1, 0.15) is 0 Å². The van der Waals surface area contributed by atoms with Crippen LogP contribution in [0.5, 0.6) is 0 Å². The van der Waals surface area contributed by atoms with E-state index in [-0.39, 0.29) is 10.8 Å². The maximum Gasteiger partial charge on any atom is 0.0546 e. The summed E-state index contributed by atoms with van der Waals surface area (Å²) in [5.41, 5.74) is 19.1. The minimum atomic E-state index is -0.0696. The third kappa shape index (κ3) is 5.02. The van der Waals surface area contributed by atoms with Crippen LogP contribution in [0.4, 0.5) is 17.1 Å². The SMILES string of the molecule is CC1(C)c2ccccc2-c2cc(N(c3ccc(-c4ccc5c(c4)C(C)(C)c4ccccc4-5)cc3)c3ccc4ccccc4c3-c3cccc4ccccc34)ccc21. The van der Waals surface area contributed by atoms with Crippen molar-refractivity contribution < 1.29 is 0 Å². The number of hydrogen-bond donors (Lipinski definition) is 0. The van der Waals surface area contributed by atoms with Gasteiger partial charge in [-0.2, -0.15) is 0 Å². The Bertz CT molecular complexity index is 3070. The Morgan fingerprint density at radius 2 is 0.860 bits per heavy atom. The molecule has 0 radical (unpaired) electrons. The number of fused-ring (bicyclic) bond motifs is 8. The topological polar surface area (TPSA) is 3.24 Å². The molecule has 11 rings (SSSR count). The lowest BCUT2D eigenvalue weighted by atomic mass is 9.81. The van der Waals surface area contributed by atoms with Crippen LogP contribution in [-0.2, 0) is 10.8 Å². The van der Waals surface area contributed by atoms with E-state index in [0.717, 1.165) is 17.1 Å². The molecule has 57 heavy (non-hydrogen) atoms. The summed E-state index contributed by atoms with van der Waals surface area (Å²) in [4.78, 5) is 2.49. The maximum absolute atomic E-state index is 2.49. The highest BCUT2D eigenvalue weighted by atomic mass is 15.1. The fourth-order valence-electron chi connectivity index (χ4n) is 10.1. The first-order valence-corrected chi connectivity index (χ1v) is 20.2. The molecule has 2 aliphatic carbocycles. The Kier molecular flexibility index (Phi) is 7.32. The average Bonchev–Trinajstić information content (AvgIpc) is 3.62. The van der Waals surface area contributed by atoms with Gasteiger partial charge in [0.15, 0.2) is 0 Å². The molecule has 0 spiro atoms. The third-order valence-corrected chi connectivity index (χ3v) is 13.1. The third-order valence-electron chi connectivity index (χ3n) is 13.1. The highest BCUT2D eigenvalue weighted by Gasteiger charge is 2.37. The van der Waals surface area contributed by atoms with Crippen molar-refractivity contribution in [2.24, 2.45) is 0 Å². The van der Waals surface area contributed by atoms with Crippen LogP contribution < -0.4 is 4.90 Å². The van der Waals surface area contributed by atoms with Crippen molar-refractivity contribution in [3.63, 3.8) is 0 Å². The molecule has 9 aromatic carbocycles. The van der Waals surface area contributed by atoms with Crippen LogP contribution >= 0.6 is 0 Å². The average molecular weight is 730 g/mol. The van der Waals surface area contributed by atoms with E-state index in [1.807, 2.05) is 0 Å². The molecule has 0 saturated heterocycles. The molecule has 0 atom stereocenters. The molecule has 1 nitrogen and oxygen atoms in total. The Labute approximate surface area is 335 Å². The van der Waals surface area contributed by atoms with Gasteiger partial charge in [0, 0.05) is 27.8 Å². The molecule has 0 bridgehead atoms. The van der Waals surface area contributed by atoms with Gasteiger partial charge in [-0.3, -0.25) is 0 Å². The van der Waals surface area contributed by atoms with Crippen LogP contribution in [0.1, 0.15) is 49.9 Å². The van der Waals surface area contributed by atoms with Crippen LogP contribution in [0.3, 0.4) is 0 Å². The standard InChI is InChI=1S/C56H43N/c1-55(2)50-23-12-10-20-45(50)48-35-41(30-32-51(48)55)57(53-33-27-38-15-6-8-18-43(38)54(53)47-21-13-16-37-14-5-7-17-42(37)47)40-28-24-36(25-29-40)39-26-31-46-44-19-9-11-22-49(44)56(3,4)52(46)34-39/h5-35H,1-4H3. The minimum absolute atomic E-state index is 0.0481. The summed E-state index contributed by atoms with van der Waals surface area (Å²) < 4.78 is 0. The van der Waals surface area contributed by atoms with Crippen molar-refractivity contribution in [3.8, 4) is 44.5 Å². The van der Waals surface area contributed by atoms with Crippen LogP contribution in [0.2, 0.25) is 0 Å². The van der Waals surface area contributed by atoms with Gasteiger partial charge in [-0.25, -0.2) is 0 Å². The molecule has 0 amide bonds. The first kappa shape index (κ1) is 33.6. The summed E-state index contributed by atoms with van der Waals surface area (Å²) in [6.07, 6.45) is 0. The van der Waals surface area contributed by atoms with Gasteiger partial charge >= 0.3 is 0 Å². The Morgan fingerprint density at radius 1 is 0.333 bits per heavy atom. The van der Waals surface area contributed by atoms with Gasteiger partial charge in [-0.1, -0.05) is 179 Å². The lowest BCUT2D eigenvalue weighted by Crippen LogP contribution is -2.15. The fourth-order valence-corrected chi connectivity index (χ4v) is 10.1. The lowest BCUT2D eigenvalue weighted by molar-refractivity contribution is 0.660. The zero-order valence-electron chi connectivity index (χ0n) is 32.8. The van der Waals surface area contributed by atoms with Crippen LogP contribution in [-0.4, -0.2) is 0 Å². The number of hydrogen-bond acceptors (Lipinski definition) is 1. The number of anilines is 3. The molecular formula is C56H43N. The predicted molar refractivity (Wildman–Crippen MR) is 242 cm³/mol. The summed E-state index contributed by atoms with van der Waals surface area (Å²) in [7, 11) is 0. The molecule has 272 valence electrons. The van der Waals surface area contributed by atoms with E-state index >= 15 is 0 Å². The minimum Gasteiger partial charge on any atom is -0.310 e. The van der Waals surface area contributed by atoms with Crippen LogP contribution in [0.25, 0.3) is 66.1 Å². The Hall–Kier alpha value is -6.70. The molecule has 0 fully saturated rings. The van der Waals surface area contributed by atoms with Gasteiger partial charge < -0.3 is 4.90 Å². The second-order valence-electron chi connectivity index (χ2n) is 16.9. The van der Waals surface area contributed by atoms with Crippen LogP contribution in [0.15, 0.2) is 188 Å². The molecule has 1 heteroatoms. The van der Waals surface area contributed by atoms with E-state index in [4.69, 9.17) is 0 Å². The zero-order valence-corrected chi connectivity index (χ0v) is 32.8. The summed E-state index contributed by atoms with van der Waals surface area (Å²) in [6, 6.07) is 70.2. The van der Waals surface area contributed by atoms with Gasteiger partial charge in [0.2, 0.25) is 0 Å². The highest BCUT2D eigenvalue weighted by Crippen LogP contribution is 2.53. The molecule has 0 saturated carbocycles. The molecule has 0 aromatic heterocycles. The summed E-state index contributed by atoms with van der Waals surface area (Å²) in [5.74, 6) is 0. The molecule has 0 unspecified atom stereocenters. The van der Waals surface area contributed by atoms with Crippen LogP contribution in [0, 0.1) is 0 Å². The van der Waals surface area contributed by atoms with E-state index in [1.54, 1.807) is 0 Å². The number of benzene rings is 9. The smallest absolute Gasteiger partial charge is 0.0546 e. The second kappa shape index (κ2) is 12.4. The van der Waals surface area contributed by atoms with Crippen molar-refractivity contribution >= 4 is 38.6 Å². The Balaban J connectivity index is 1.12. The quantitative estimate of drug-likeness (QED) is 0.170. The van der Waals surface area contributed by atoms with Gasteiger partial charge in [0.25, 0.3) is 0 Å². The fraction of sp³-hybridized carbons (Fsp3) is 0.107. The summed E-state index contributed by atoms with van der Waals surface area (Å²) in [5, 5.41) is 4.95. The molecule has 0 N–H and O–H groups in total. The van der Waals surface area contributed by atoms with E-state index in [9.17, 15) is 0 Å². The summed E-state index contributed by atoms with van der Waals surface area (Å²) >= 11 is 0. The van der Waals surface area contributed by atoms with E-state index in [0.29, 0.717) is 0 Å². The maximum atomic E-state index is 2.49. The largest absolute Gasteiger partial charge is 0.310 e. The summed E-state index contributed by atoms with van der Waals surface area (Å²) in [6.45, 7) is 9.43. The zero-order chi connectivity index (χ0) is 38.5. The molecular weight excluding hydrogens is 687 g/mol. The first-order valence-electron chi connectivity index (χ1n) is 20.2. The lowest BCUT2D eigenvalue weighted by Gasteiger charge is -2.30. The predicted octanol–water partition coefficient (Wildman–Crippen LogP) is 15.4.